The van der Waals surface area contributed by atoms with E-state index in [4.69, 9.17) is 8.94 Å². The molecule has 2 amide bonds. The van der Waals surface area contributed by atoms with E-state index in [1.54, 1.807) is 33.3 Å². The summed E-state index contributed by atoms with van der Waals surface area (Å²) in [6.07, 6.45) is 1.48. The van der Waals surface area contributed by atoms with Crippen LogP contribution in [0.5, 0.6) is 0 Å². The molecule has 8 nitrogen and oxygen atoms in total. The number of hydrogen-bond donors (Lipinski definition) is 0. The smallest absolute Gasteiger partial charge is 0.289 e. The third-order valence-corrected chi connectivity index (χ3v) is 6.98. The van der Waals surface area contributed by atoms with E-state index in [-0.39, 0.29) is 11.8 Å². The summed E-state index contributed by atoms with van der Waals surface area (Å²) in [6.45, 7) is 1.67. The summed E-state index contributed by atoms with van der Waals surface area (Å²) in [7, 11) is 0. The lowest BCUT2D eigenvalue weighted by Gasteiger charge is -2.34. The fourth-order valence-electron chi connectivity index (χ4n) is 4.30. The van der Waals surface area contributed by atoms with E-state index in [0.717, 1.165) is 10.4 Å². The number of piperazine rings is 1. The molecule has 1 aliphatic heterocycles. The molecule has 0 aliphatic carbocycles. The molecular weight excluding hydrogens is 464 g/mol. The standard InChI is InChI=1S/C26H20N4O4S/c31-25(29-10-12-30(13-11-29)26(32)20-8-4-14-33-20)18-16-19(21-9-5-15-35-21)27-24-22(18)23(28-34-24)17-6-2-1-3-7-17/h1-9,14-16H,10-13H2. The van der Waals surface area contributed by atoms with E-state index in [0.29, 0.717) is 60.0 Å². The van der Waals surface area contributed by atoms with Crippen LogP contribution in [0.4, 0.5) is 0 Å². The van der Waals surface area contributed by atoms with Crippen molar-refractivity contribution >= 4 is 34.3 Å². The Kier molecular flexibility index (Phi) is 5.38. The number of hydrogen-bond acceptors (Lipinski definition) is 7. The van der Waals surface area contributed by atoms with Gasteiger partial charge in [-0.25, -0.2) is 4.98 Å². The number of benzene rings is 1. The molecule has 5 aromatic rings. The maximum absolute atomic E-state index is 13.8. The van der Waals surface area contributed by atoms with E-state index < -0.39 is 0 Å². The van der Waals surface area contributed by atoms with Crippen molar-refractivity contribution in [2.24, 2.45) is 0 Å². The molecule has 174 valence electrons. The third-order valence-electron chi connectivity index (χ3n) is 6.08. The van der Waals surface area contributed by atoms with Gasteiger partial charge in [-0.2, -0.15) is 0 Å². The summed E-state index contributed by atoms with van der Waals surface area (Å²) >= 11 is 1.54. The van der Waals surface area contributed by atoms with Gasteiger partial charge in [-0.1, -0.05) is 41.6 Å². The maximum Gasteiger partial charge on any atom is 0.289 e. The highest BCUT2D eigenvalue weighted by atomic mass is 32.1. The normalized spacial score (nSPS) is 13.9. The second kappa shape index (κ2) is 8.84. The Balaban J connectivity index is 1.35. The molecule has 1 saturated heterocycles. The predicted molar refractivity (Wildman–Crippen MR) is 131 cm³/mol. The van der Waals surface area contributed by atoms with Crippen molar-refractivity contribution in [3.05, 3.63) is 83.6 Å². The van der Waals surface area contributed by atoms with Crippen molar-refractivity contribution < 1.29 is 18.5 Å². The fraction of sp³-hybridized carbons (Fsp3) is 0.154. The first-order chi connectivity index (χ1) is 17.2. The number of thiophene rings is 1. The summed E-state index contributed by atoms with van der Waals surface area (Å²) in [5.41, 5.74) is 2.91. The van der Waals surface area contributed by atoms with Gasteiger partial charge in [0.25, 0.3) is 17.5 Å². The van der Waals surface area contributed by atoms with Crippen molar-refractivity contribution in [3.8, 4) is 21.8 Å². The van der Waals surface area contributed by atoms with Crippen molar-refractivity contribution in [2.75, 3.05) is 26.2 Å². The lowest BCUT2D eigenvalue weighted by molar-refractivity contribution is 0.0519. The number of amides is 2. The minimum absolute atomic E-state index is 0.138. The van der Waals surface area contributed by atoms with E-state index in [2.05, 4.69) is 10.1 Å². The maximum atomic E-state index is 13.8. The molecule has 0 radical (unpaired) electrons. The Morgan fingerprint density at radius 3 is 2.34 bits per heavy atom. The average Bonchev–Trinajstić information content (AvgIpc) is 3.69. The average molecular weight is 485 g/mol. The molecule has 0 atom stereocenters. The topological polar surface area (TPSA) is 92.7 Å². The van der Waals surface area contributed by atoms with E-state index in [1.165, 1.54) is 6.26 Å². The van der Waals surface area contributed by atoms with Crippen molar-refractivity contribution in [3.63, 3.8) is 0 Å². The van der Waals surface area contributed by atoms with Gasteiger partial charge in [0.15, 0.2) is 5.76 Å². The lowest BCUT2D eigenvalue weighted by Crippen LogP contribution is -2.50. The zero-order valence-electron chi connectivity index (χ0n) is 18.6. The number of nitrogens with zero attached hydrogens (tertiary/aromatic N) is 4. The van der Waals surface area contributed by atoms with Gasteiger partial charge in [0.2, 0.25) is 0 Å². The molecule has 9 heteroatoms. The first-order valence-electron chi connectivity index (χ1n) is 11.2. The van der Waals surface area contributed by atoms with Crippen LogP contribution in [0.1, 0.15) is 20.9 Å². The molecule has 0 bridgehead atoms. The summed E-state index contributed by atoms with van der Waals surface area (Å²) in [5, 5.41) is 6.83. The molecule has 1 aromatic carbocycles. The van der Waals surface area contributed by atoms with Crippen LogP contribution in [0.25, 0.3) is 32.9 Å². The van der Waals surface area contributed by atoms with E-state index >= 15 is 0 Å². The van der Waals surface area contributed by atoms with Crippen LogP contribution in [0, 0.1) is 0 Å². The number of rotatable bonds is 4. The van der Waals surface area contributed by atoms with Crippen LogP contribution >= 0.6 is 11.3 Å². The van der Waals surface area contributed by atoms with Crippen LogP contribution < -0.4 is 0 Å². The Morgan fingerprint density at radius 2 is 1.66 bits per heavy atom. The van der Waals surface area contributed by atoms with Gasteiger partial charge in [-0.3, -0.25) is 9.59 Å². The minimum atomic E-state index is -0.168. The Bertz CT molecular complexity index is 1490. The number of aromatic nitrogens is 2. The highest BCUT2D eigenvalue weighted by Crippen LogP contribution is 2.34. The predicted octanol–water partition coefficient (Wildman–Crippen LogP) is 4.81. The van der Waals surface area contributed by atoms with Crippen LogP contribution in [-0.2, 0) is 0 Å². The van der Waals surface area contributed by atoms with E-state index in [9.17, 15) is 9.59 Å². The van der Waals surface area contributed by atoms with Gasteiger partial charge in [0, 0.05) is 31.7 Å². The molecule has 0 spiro atoms. The lowest BCUT2D eigenvalue weighted by atomic mass is 10.0. The second-order valence-corrected chi connectivity index (χ2v) is 9.12. The first-order valence-corrected chi connectivity index (χ1v) is 12.1. The third kappa shape index (κ3) is 3.89. The van der Waals surface area contributed by atoms with Crippen molar-refractivity contribution in [1.29, 1.82) is 0 Å². The number of fused-ring (bicyclic) bond motifs is 1. The molecular formula is C26H20N4O4S. The molecule has 0 unspecified atom stereocenters. The quantitative estimate of drug-likeness (QED) is 0.364. The monoisotopic (exact) mass is 484 g/mol. The molecule has 1 fully saturated rings. The largest absolute Gasteiger partial charge is 0.459 e. The molecule has 1 aliphatic rings. The highest BCUT2D eigenvalue weighted by molar-refractivity contribution is 7.13. The minimum Gasteiger partial charge on any atom is -0.459 e. The molecule has 5 heterocycles. The van der Waals surface area contributed by atoms with Gasteiger partial charge in [0.1, 0.15) is 5.69 Å². The second-order valence-electron chi connectivity index (χ2n) is 8.17. The molecule has 0 saturated carbocycles. The van der Waals surface area contributed by atoms with E-state index in [1.807, 2.05) is 53.9 Å². The number of carbonyl (C=O) groups excluding carboxylic acids is 2. The molecule has 35 heavy (non-hydrogen) atoms. The fourth-order valence-corrected chi connectivity index (χ4v) is 4.99. The van der Waals surface area contributed by atoms with Crippen molar-refractivity contribution in [1.82, 2.24) is 19.9 Å². The van der Waals surface area contributed by atoms with Crippen molar-refractivity contribution in [2.45, 2.75) is 0 Å². The Hall–Kier alpha value is -4.24. The highest BCUT2D eigenvalue weighted by Gasteiger charge is 2.30. The van der Waals surface area contributed by atoms with Crippen LogP contribution in [0.15, 0.2) is 81.2 Å². The van der Waals surface area contributed by atoms with Gasteiger partial charge in [0.05, 0.1) is 27.8 Å². The van der Waals surface area contributed by atoms with Gasteiger partial charge < -0.3 is 18.7 Å². The summed E-state index contributed by atoms with van der Waals surface area (Å²) < 4.78 is 10.9. The first kappa shape index (κ1) is 21.3. The Morgan fingerprint density at radius 1 is 0.886 bits per heavy atom. The van der Waals surface area contributed by atoms with Gasteiger partial charge in [-0.15, -0.1) is 11.3 Å². The number of carbonyl (C=O) groups is 2. The van der Waals surface area contributed by atoms with Crippen LogP contribution in [0.2, 0.25) is 0 Å². The zero-order valence-corrected chi connectivity index (χ0v) is 19.4. The van der Waals surface area contributed by atoms with Gasteiger partial charge in [-0.05, 0) is 29.6 Å². The number of furan rings is 1. The summed E-state index contributed by atoms with van der Waals surface area (Å²) in [4.78, 5) is 35.5. The van der Waals surface area contributed by atoms with Crippen LogP contribution in [0.3, 0.4) is 0 Å². The van der Waals surface area contributed by atoms with Crippen LogP contribution in [-0.4, -0.2) is 57.9 Å². The summed E-state index contributed by atoms with van der Waals surface area (Å²) in [5.74, 6) is -0.00218. The number of pyridine rings is 1. The SMILES string of the molecule is O=C(c1ccco1)N1CCN(C(=O)c2cc(-c3cccs3)nc3onc(-c4ccccc4)c23)CC1. The summed E-state index contributed by atoms with van der Waals surface area (Å²) in [6, 6.07) is 18.7. The molecule has 6 rings (SSSR count). The van der Waals surface area contributed by atoms with Gasteiger partial charge >= 0.3 is 0 Å². The molecule has 0 N–H and O–H groups in total. The zero-order chi connectivity index (χ0) is 23.8. The molecule has 4 aromatic heterocycles. The Labute approximate surface area is 204 Å².